The highest BCUT2D eigenvalue weighted by molar-refractivity contribution is 5.99. The van der Waals surface area contributed by atoms with Crippen molar-refractivity contribution in [2.75, 3.05) is 0 Å². The summed E-state index contributed by atoms with van der Waals surface area (Å²) in [5.41, 5.74) is 3.13. The number of aromatic nitrogens is 3. The molecule has 23 heavy (non-hydrogen) atoms. The second kappa shape index (κ2) is 5.32. The molecule has 2 aromatic rings. The molecule has 2 bridgehead atoms. The lowest BCUT2D eigenvalue weighted by molar-refractivity contribution is 0.0917. The van der Waals surface area contributed by atoms with Crippen molar-refractivity contribution in [3.63, 3.8) is 0 Å². The third-order valence-corrected chi connectivity index (χ3v) is 5.82. The van der Waals surface area contributed by atoms with E-state index in [4.69, 9.17) is 0 Å². The third kappa shape index (κ3) is 2.42. The predicted molar refractivity (Wildman–Crippen MR) is 88.3 cm³/mol. The van der Waals surface area contributed by atoms with Gasteiger partial charge in [-0.15, -0.1) is 0 Å². The topological polar surface area (TPSA) is 59.3 Å². The third-order valence-electron chi connectivity index (χ3n) is 5.82. The summed E-state index contributed by atoms with van der Waals surface area (Å²) >= 11 is 0. The van der Waals surface area contributed by atoms with Gasteiger partial charge in [-0.25, -0.2) is 9.50 Å². The zero-order chi connectivity index (χ0) is 16.1. The van der Waals surface area contributed by atoms with Crippen LogP contribution in [0.15, 0.2) is 12.3 Å². The van der Waals surface area contributed by atoms with Crippen LogP contribution in [0.5, 0.6) is 0 Å². The number of amides is 1. The second-order valence-corrected chi connectivity index (χ2v) is 7.43. The lowest BCUT2D eigenvalue weighted by Crippen LogP contribution is -2.40. The molecule has 5 nitrogen and oxygen atoms in total. The van der Waals surface area contributed by atoms with E-state index in [0.717, 1.165) is 23.2 Å². The van der Waals surface area contributed by atoms with Crippen LogP contribution in [0.2, 0.25) is 0 Å². The van der Waals surface area contributed by atoms with Gasteiger partial charge < -0.3 is 5.32 Å². The van der Waals surface area contributed by atoms with Crippen LogP contribution in [-0.2, 0) is 0 Å². The number of nitrogens with one attached hydrogen (secondary N) is 1. The van der Waals surface area contributed by atoms with Gasteiger partial charge in [0, 0.05) is 17.4 Å². The normalized spacial score (nSPS) is 27.5. The molecule has 0 aliphatic heterocycles. The summed E-state index contributed by atoms with van der Waals surface area (Å²) in [4.78, 5) is 17.2. The molecule has 4 rings (SSSR count). The zero-order valence-electron chi connectivity index (χ0n) is 14.0. The van der Waals surface area contributed by atoms with Gasteiger partial charge in [0.1, 0.15) is 5.56 Å². The molecular formula is C18H24N4O. The van der Waals surface area contributed by atoms with Crippen LogP contribution in [0, 0.1) is 31.6 Å². The van der Waals surface area contributed by atoms with Gasteiger partial charge in [-0.1, -0.05) is 6.42 Å². The van der Waals surface area contributed by atoms with Gasteiger partial charge in [0.25, 0.3) is 5.91 Å². The number of hydrogen-bond donors (Lipinski definition) is 1. The Bertz CT molecular complexity index is 766. The Hall–Kier alpha value is -1.91. The molecule has 0 aromatic carbocycles. The maximum atomic E-state index is 12.7. The number of aryl methyl sites for hydroxylation is 2. The Balaban J connectivity index is 1.55. The molecule has 2 heterocycles. The minimum absolute atomic E-state index is 0.0484. The molecule has 0 saturated heterocycles. The Morgan fingerprint density at radius 1 is 1.35 bits per heavy atom. The number of rotatable bonds is 3. The van der Waals surface area contributed by atoms with Crippen LogP contribution in [0.25, 0.3) is 5.65 Å². The largest absolute Gasteiger partial charge is 0.349 e. The van der Waals surface area contributed by atoms with E-state index in [1.54, 1.807) is 10.7 Å². The Kier molecular flexibility index (Phi) is 3.39. The van der Waals surface area contributed by atoms with Gasteiger partial charge in [-0.3, -0.25) is 4.79 Å². The first-order valence-electron chi connectivity index (χ1n) is 8.65. The molecule has 2 fully saturated rings. The van der Waals surface area contributed by atoms with Crippen molar-refractivity contribution in [3.8, 4) is 0 Å². The van der Waals surface area contributed by atoms with Gasteiger partial charge >= 0.3 is 0 Å². The number of hydrogen-bond acceptors (Lipinski definition) is 3. The first-order chi connectivity index (χ1) is 11.0. The lowest BCUT2D eigenvalue weighted by atomic mass is 9.84. The standard InChI is InChI=1S/C18H24N4O/c1-10-6-11(2)22-17(20-10)16(9-19-22)18(23)21-12(3)15-8-13-4-5-14(15)7-13/h6,9,12-15H,4-5,7-8H2,1-3H3,(H,21,23)/t12-,13-,14-,15-/m1/s1. The average molecular weight is 312 g/mol. The predicted octanol–water partition coefficient (Wildman–Crippen LogP) is 2.90. The summed E-state index contributed by atoms with van der Waals surface area (Å²) in [6, 6.07) is 2.19. The first kappa shape index (κ1) is 14.7. The van der Waals surface area contributed by atoms with Crippen LogP contribution in [0.3, 0.4) is 0 Å². The summed E-state index contributed by atoms with van der Waals surface area (Å²) in [7, 11) is 0. The van der Waals surface area contributed by atoms with Gasteiger partial charge in [0.05, 0.1) is 6.20 Å². The maximum absolute atomic E-state index is 12.7. The molecule has 2 aliphatic carbocycles. The summed E-state index contributed by atoms with van der Waals surface area (Å²) < 4.78 is 1.74. The van der Waals surface area contributed by atoms with Crippen LogP contribution in [-0.4, -0.2) is 26.5 Å². The van der Waals surface area contributed by atoms with Crippen LogP contribution >= 0.6 is 0 Å². The monoisotopic (exact) mass is 312 g/mol. The molecule has 122 valence electrons. The summed E-state index contributed by atoms with van der Waals surface area (Å²) in [5, 5.41) is 7.52. The average Bonchev–Trinajstić information content (AvgIpc) is 3.21. The van der Waals surface area contributed by atoms with Gasteiger partial charge in [-0.2, -0.15) is 5.10 Å². The SMILES string of the molecule is Cc1cc(C)n2ncc(C(=O)N[C@H](C)[C@H]3C[C@@H]4CC[C@@H]3C4)c2n1. The van der Waals surface area contributed by atoms with E-state index in [2.05, 4.69) is 22.3 Å². The molecule has 0 spiro atoms. The lowest BCUT2D eigenvalue weighted by Gasteiger charge is -2.28. The number of nitrogens with zero attached hydrogens (tertiary/aromatic N) is 3. The van der Waals surface area contributed by atoms with Crippen molar-refractivity contribution in [1.82, 2.24) is 19.9 Å². The fourth-order valence-electron chi connectivity index (χ4n) is 4.73. The molecule has 2 saturated carbocycles. The Morgan fingerprint density at radius 3 is 2.87 bits per heavy atom. The van der Waals surface area contributed by atoms with E-state index in [9.17, 15) is 4.79 Å². The van der Waals surface area contributed by atoms with Gasteiger partial charge in [-0.05, 0) is 63.9 Å². The number of carbonyl (C=O) groups is 1. The molecule has 0 unspecified atom stereocenters. The van der Waals surface area contributed by atoms with Crippen LogP contribution < -0.4 is 5.32 Å². The van der Waals surface area contributed by atoms with Gasteiger partial charge in [0.2, 0.25) is 0 Å². The molecule has 2 aliphatic rings. The molecule has 1 N–H and O–H groups in total. The van der Waals surface area contributed by atoms with E-state index < -0.39 is 0 Å². The maximum Gasteiger partial charge on any atom is 0.256 e. The van der Waals surface area contributed by atoms with Crippen LogP contribution in [0.4, 0.5) is 0 Å². The summed E-state index contributed by atoms with van der Waals surface area (Å²) in [6.07, 6.45) is 7.00. The van der Waals surface area contributed by atoms with E-state index >= 15 is 0 Å². The molecule has 1 amide bonds. The van der Waals surface area contributed by atoms with Crippen molar-refractivity contribution < 1.29 is 4.79 Å². The summed E-state index contributed by atoms with van der Waals surface area (Å²) in [6.45, 7) is 6.08. The quantitative estimate of drug-likeness (QED) is 0.948. The van der Waals surface area contributed by atoms with E-state index in [-0.39, 0.29) is 11.9 Å². The number of fused-ring (bicyclic) bond motifs is 3. The van der Waals surface area contributed by atoms with Crippen molar-refractivity contribution in [2.45, 2.75) is 52.5 Å². The smallest absolute Gasteiger partial charge is 0.256 e. The zero-order valence-corrected chi connectivity index (χ0v) is 14.0. The van der Waals surface area contributed by atoms with Crippen molar-refractivity contribution >= 4 is 11.6 Å². The highest BCUT2D eigenvalue weighted by Crippen LogP contribution is 2.49. The summed E-state index contributed by atoms with van der Waals surface area (Å²) in [5.74, 6) is 2.29. The van der Waals surface area contributed by atoms with Crippen molar-refractivity contribution in [2.24, 2.45) is 17.8 Å². The van der Waals surface area contributed by atoms with Crippen molar-refractivity contribution in [1.29, 1.82) is 0 Å². The van der Waals surface area contributed by atoms with E-state index in [1.165, 1.54) is 25.7 Å². The highest BCUT2D eigenvalue weighted by atomic mass is 16.1. The van der Waals surface area contributed by atoms with E-state index in [0.29, 0.717) is 17.1 Å². The number of carbonyl (C=O) groups excluding carboxylic acids is 1. The molecule has 2 aromatic heterocycles. The molecule has 0 radical (unpaired) electrons. The fourth-order valence-corrected chi connectivity index (χ4v) is 4.73. The highest BCUT2D eigenvalue weighted by Gasteiger charge is 2.42. The second-order valence-electron chi connectivity index (χ2n) is 7.43. The molecule has 5 heteroatoms. The Labute approximate surface area is 136 Å². The Morgan fingerprint density at radius 2 is 2.17 bits per heavy atom. The molecule has 4 atom stereocenters. The van der Waals surface area contributed by atoms with Gasteiger partial charge in [0.15, 0.2) is 5.65 Å². The molecular weight excluding hydrogens is 288 g/mol. The fraction of sp³-hybridized carbons (Fsp3) is 0.611. The minimum atomic E-state index is -0.0484. The first-order valence-corrected chi connectivity index (χ1v) is 8.65. The van der Waals surface area contributed by atoms with Crippen molar-refractivity contribution in [3.05, 3.63) is 29.2 Å². The minimum Gasteiger partial charge on any atom is -0.349 e. The van der Waals surface area contributed by atoms with E-state index in [1.807, 2.05) is 19.9 Å². The van der Waals surface area contributed by atoms with Crippen LogP contribution in [0.1, 0.15) is 54.4 Å².